The Balaban J connectivity index is 1.84. The molecule has 7 nitrogen and oxygen atoms in total. The number of rotatable bonds is 7. The van der Waals surface area contributed by atoms with Gasteiger partial charge in [-0.25, -0.2) is 9.48 Å². The van der Waals surface area contributed by atoms with Gasteiger partial charge >= 0.3 is 5.97 Å². The van der Waals surface area contributed by atoms with Gasteiger partial charge in [-0.1, -0.05) is 72.8 Å². The van der Waals surface area contributed by atoms with E-state index < -0.39 is 17.4 Å². The number of aryl methyl sites for hydroxylation is 1. The molecule has 0 saturated carbocycles. The second-order valence-electron chi connectivity index (χ2n) is 7.64. The van der Waals surface area contributed by atoms with Crippen molar-refractivity contribution in [3.8, 4) is 22.4 Å². The van der Waals surface area contributed by atoms with Gasteiger partial charge in [-0.05, 0) is 30.2 Å². The van der Waals surface area contributed by atoms with Gasteiger partial charge in [-0.2, -0.15) is 5.10 Å². The molecule has 0 atom stereocenters. The highest BCUT2D eigenvalue weighted by Crippen LogP contribution is 2.32. The quantitative estimate of drug-likeness (QED) is 0.436. The predicted octanol–water partition coefficient (Wildman–Crippen LogP) is 4.23. The molecule has 34 heavy (non-hydrogen) atoms. The number of nitrogens with one attached hydrogen (secondary N) is 1. The highest BCUT2D eigenvalue weighted by molar-refractivity contribution is 6.03. The van der Waals surface area contributed by atoms with Crippen molar-refractivity contribution in [3.05, 3.63) is 112 Å². The van der Waals surface area contributed by atoms with E-state index in [1.165, 1.54) is 16.8 Å². The van der Waals surface area contributed by atoms with E-state index in [0.717, 1.165) is 5.56 Å². The van der Waals surface area contributed by atoms with E-state index in [-0.39, 0.29) is 17.7 Å². The molecule has 2 N–H and O–H groups in total. The van der Waals surface area contributed by atoms with Gasteiger partial charge < -0.3 is 10.4 Å². The first-order chi connectivity index (χ1) is 16.5. The molecule has 0 radical (unpaired) electrons. The lowest BCUT2D eigenvalue weighted by molar-refractivity contribution is 0.0696. The zero-order valence-corrected chi connectivity index (χ0v) is 18.6. The summed E-state index contributed by atoms with van der Waals surface area (Å²) in [6.07, 6.45) is 0. The number of aromatic nitrogens is 2. The van der Waals surface area contributed by atoms with Crippen LogP contribution in [-0.2, 0) is 13.1 Å². The number of carboxylic acids is 1. The van der Waals surface area contributed by atoms with Crippen LogP contribution in [0.5, 0.6) is 0 Å². The van der Waals surface area contributed by atoms with Crippen molar-refractivity contribution in [1.29, 1.82) is 0 Å². The summed E-state index contributed by atoms with van der Waals surface area (Å²) in [5.74, 6) is -1.60. The Morgan fingerprint density at radius 1 is 0.912 bits per heavy atom. The molecule has 0 aliphatic rings. The monoisotopic (exact) mass is 453 g/mol. The van der Waals surface area contributed by atoms with Gasteiger partial charge in [0.25, 0.3) is 11.5 Å². The second-order valence-corrected chi connectivity index (χ2v) is 7.64. The fourth-order valence-electron chi connectivity index (χ4n) is 3.76. The van der Waals surface area contributed by atoms with Crippen molar-refractivity contribution >= 4 is 11.9 Å². The summed E-state index contributed by atoms with van der Waals surface area (Å²) in [7, 11) is 0. The molecule has 0 aliphatic carbocycles. The Morgan fingerprint density at radius 2 is 1.56 bits per heavy atom. The van der Waals surface area contributed by atoms with Crippen molar-refractivity contribution in [2.45, 2.75) is 20.0 Å². The van der Waals surface area contributed by atoms with Gasteiger partial charge in [0.2, 0.25) is 0 Å². The molecule has 7 heteroatoms. The van der Waals surface area contributed by atoms with E-state index >= 15 is 0 Å². The van der Waals surface area contributed by atoms with Crippen LogP contribution >= 0.6 is 0 Å². The van der Waals surface area contributed by atoms with Crippen LogP contribution in [0.2, 0.25) is 0 Å². The topological polar surface area (TPSA) is 101 Å². The van der Waals surface area contributed by atoms with Crippen molar-refractivity contribution < 1.29 is 14.7 Å². The third kappa shape index (κ3) is 4.63. The van der Waals surface area contributed by atoms with Crippen LogP contribution in [0.1, 0.15) is 33.2 Å². The Kier molecular flexibility index (Phi) is 6.64. The predicted molar refractivity (Wildman–Crippen MR) is 130 cm³/mol. The number of hydrogen-bond donors (Lipinski definition) is 2. The number of carbonyl (C=O) groups excluding carboxylic acids is 1. The third-order valence-electron chi connectivity index (χ3n) is 5.42. The highest BCUT2D eigenvalue weighted by atomic mass is 16.4. The first-order valence-corrected chi connectivity index (χ1v) is 10.9. The molecule has 0 bridgehead atoms. The third-order valence-corrected chi connectivity index (χ3v) is 5.42. The van der Waals surface area contributed by atoms with Gasteiger partial charge in [0.1, 0.15) is 5.56 Å². The molecule has 0 spiro atoms. The molecule has 4 aromatic rings. The van der Waals surface area contributed by atoms with E-state index in [9.17, 15) is 19.5 Å². The summed E-state index contributed by atoms with van der Waals surface area (Å²) in [5, 5.41) is 16.6. The Bertz CT molecular complexity index is 1400. The lowest BCUT2D eigenvalue weighted by Gasteiger charge is -2.17. The van der Waals surface area contributed by atoms with E-state index in [1.54, 1.807) is 19.1 Å². The van der Waals surface area contributed by atoms with E-state index in [2.05, 4.69) is 10.4 Å². The van der Waals surface area contributed by atoms with Gasteiger partial charge in [0.15, 0.2) is 0 Å². The second kappa shape index (κ2) is 9.95. The highest BCUT2D eigenvalue weighted by Gasteiger charge is 2.24. The van der Waals surface area contributed by atoms with Gasteiger partial charge in [0, 0.05) is 24.2 Å². The maximum Gasteiger partial charge on any atom is 0.335 e. The summed E-state index contributed by atoms with van der Waals surface area (Å²) < 4.78 is 1.29. The van der Waals surface area contributed by atoms with E-state index in [4.69, 9.17) is 0 Å². The molecule has 0 aliphatic heterocycles. The Hall–Kier alpha value is -4.52. The average Bonchev–Trinajstić information content (AvgIpc) is 2.88. The summed E-state index contributed by atoms with van der Waals surface area (Å²) in [5.41, 5.74) is 2.72. The van der Waals surface area contributed by atoms with Crippen LogP contribution in [0.4, 0.5) is 0 Å². The number of hydrogen-bond acceptors (Lipinski definition) is 4. The molecular formula is C27H23N3O4. The molecule has 4 rings (SSSR count). The molecule has 170 valence electrons. The molecule has 3 aromatic carbocycles. The minimum atomic E-state index is -1.05. The largest absolute Gasteiger partial charge is 0.478 e. The number of amides is 1. The smallest absolute Gasteiger partial charge is 0.335 e. The van der Waals surface area contributed by atoms with Crippen molar-refractivity contribution in [3.63, 3.8) is 0 Å². The van der Waals surface area contributed by atoms with Crippen LogP contribution in [0.15, 0.2) is 89.7 Å². The lowest BCUT2D eigenvalue weighted by atomic mass is 9.95. The Morgan fingerprint density at radius 3 is 2.18 bits per heavy atom. The van der Waals surface area contributed by atoms with Crippen molar-refractivity contribution in [2.75, 3.05) is 0 Å². The van der Waals surface area contributed by atoms with Crippen LogP contribution in [0.3, 0.4) is 0 Å². The number of nitrogens with zero attached hydrogens (tertiary/aromatic N) is 2. The van der Waals surface area contributed by atoms with Crippen molar-refractivity contribution in [1.82, 2.24) is 15.1 Å². The molecule has 0 saturated heterocycles. The maximum absolute atomic E-state index is 13.4. The minimum Gasteiger partial charge on any atom is -0.478 e. The number of aromatic carboxylic acids is 1. The van der Waals surface area contributed by atoms with Gasteiger partial charge in [0.05, 0.1) is 11.3 Å². The maximum atomic E-state index is 13.4. The summed E-state index contributed by atoms with van der Waals surface area (Å²) >= 11 is 0. The lowest BCUT2D eigenvalue weighted by Crippen LogP contribution is -2.35. The van der Waals surface area contributed by atoms with Gasteiger partial charge in [-0.15, -0.1) is 0 Å². The summed E-state index contributed by atoms with van der Waals surface area (Å²) in [6.45, 7) is 2.17. The van der Waals surface area contributed by atoms with Crippen LogP contribution in [0.25, 0.3) is 22.4 Å². The van der Waals surface area contributed by atoms with Gasteiger partial charge in [-0.3, -0.25) is 9.59 Å². The van der Waals surface area contributed by atoms with E-state index in [1.807, 2.05) is 60.7 Å². The zero-order chi connectivity index (χ0) is 24.1. The number of benzene rings is 3. The molecule has 1 heterocycles. The molecule has 1 aromatic heterocycles. The fraction of sp³-hybridized carbons (Fsp3) is 0.111. The fourth-order valence-corrected chi connectivity index (χ4v) is 3.76. The minimum absolute atomic E-state index is 0.00343. The van der Waals surface area contributed by atoms with E-state index in [0.29, 0.717) is 28.9 Å². The van der Waals surface area contributed by atoms with Crippen molar-refractivity contribution in [2.24, 2.45) is 0 Å². The normalized spacial score (nSPS) is 10.6. The van der Waals surface area contributed by atoms with Crippen LogP contribution in [-0.4, -0.2) is 26.8 Å². The first-order valence-electron chi connectivity index (χ1n) is 10.9. The molecule has 1 amide bonds. The van der Waals surface area contributed by atoms with Crippen LogP contribution in [0, 0.1) is 0 Å². The first kappa shape index (κ1) is 22.7. The molecular weight excluding hydrogens is 430 g/mol. The SMILES string of the molecule is CCn1nc(-c2ccccc2)c(-c2ccccc2)c(C(=O)NCc2cccc(C(=O)O)c2)c1=O. The standard InChI is InChI=1S/C27H23N3O4/c1-2-30-26(32)23(25(31)28-17-18-10-9-15-21(16-18)27(33)34)22(19-11-5-3-6-12-19)24(29-30)20-13-7-4-8-14-20/h3-16H,2,17H2,1H3,(H,28,31)(H,33,34). The molecule has 0 unspecified atom stereocenters. The number of carbonyl (C=O) groups is 2. The summed E-state index contributed by atoms with van der Waals surface area (Å²) in [6, 6.07) is 25.0. The average molecular weight is 453 g/mol. The molecule has 0 fully saturated rings. The Labute approximate surface area is 196 Å². The van der Waals surface area contributed by atoms with Crippen LogP contribution < -0.4 is 10.9 Å². The number of carboxylic acid groups (broad SMARTS) is 1. The summed E-state index contributed by atoms with van der Waals surface area (Å²) in [4.78, 5) is 38.0. The zero-order valence-electron chi connectivity index (χ0n) is 18.6.